The normalized spacial score (nSPS) is 19.9. The van der Waals surface area contributed by atoms with Crippen LogP contribution in [-0.4, -0.2) is 52.2 Å². The van der Waals surface area contributed by atoms with Crippen LogP contribution >= 0.6 is 11.6 Å². The average molecular weight is 491 g/mol. The summed E-state index contributed by atoms with van der Waals surface area (Å²) in [5, 5.41) is 5.44. The first-order valence-electron chi connectivity index (χ1n) is 10.3. The maximum absolute atomic E-state index is 14.8. The molecule has 9 nitrogen and oxygen atoms in total. The zero-order valence-electron chi connectivity index (χ0n) is 17.7. The zero-order valence-corrected chi connectivity index (χ0v) is 18.4. The summed E-state index contributed by atoms with van der Waals surface area (Å²) in [6.07, 6.45) is -0.507. The van der Waals surface area contributed by atoms with Crippen molar-refractivity contribution in [1.82, 2.24) is 14.8 Å². The van der Waals surface area contributed by atoms with Gasteiger partial charge in [-0.1, -0.05) is 41.9 Å². The Morgan fingerprint density at radius 3 is 2.62 bits per heavy atom. The number of nitrogens with one attached hydrogen (secondary N) is 2. The standard InChI is InChI=1S/C22H21ClF2N6O3/c23-13-6-3-4-11(17(13)24)8-28-20(32)19-18(25)14(26)9-31(19)22(34)29-15-10-30(21(27)33)16-7-2-1-5-12(15)16/h1-7,10,14,18-19H,8-9,26H2,(H2,27,33)(H,28,32)(H,29,34)/t14-,18+,19+/m1/s1. The minimum atomic E-state index is -1.85. The largest absolute Gasteiger partial charge is 0.351 e. The van der Waals surface area contributed by atoms with Crippen molar-refractivity contribution in [3.05, 3.63) is 65.1 Å². The van der Waals surface area contributed by atoms with E-state index in [1.807, 2.05) is 0 Å². The molecule has 1 aliphatic rings. The van der Waals surface area contributed by atoms with Crippen LogP contribution in [0.2, 0.25) is 5.02 Å². The number of aromatic nitrogens is 1. The third kappa shape index (κ3) is 4.27. The van der Waals surface area contributed by atoms with Gasteiger partial charge >= 0.3 is 12.1 Å². The molecule has 178 valence electrons. The van der Waals surface area contributed by atoms with Crippen molar-refractivity contribution in [3.8, 4) is 0 Å². The lowest BCUT2D eigenvalue weighted by Crippen LogP contribution is -2.50. The highest BCUT2D eigenvalue weighted by Crippen LogP contribution is 2.28. The Morgan fingerprint density at radius 2 is 1.88 bits per heavy atom. The number of fused-ring (bicyclic) bond motifs is 1. The van der Waals surface area contributed by atoms with Gasteiger partial charge in [0.25, 0.3) is 0 Å². The maximum Gasteiger partial charge on any atom is 0.323 e. The number of nitrogens with zero attached hydrogens (tertiary/aromatic N) is 2. The number of carbonyl (C=O) groups is 3. The SMILES string of the molecule is NC(=O)n1cc(NC(=O)N2C[C@@H](N)[C@H](F)[C@H]2C(=O)NCc2cccc(Cl)c2F)c2ccccc21. The molecule has 0 unspecified atom stereocenters. The molecule has 12 heteroatoms. The number of primary amides is 1. The molecule has 3 atom stereocenters. The number of carbonyl (C=O) groups excluding carboxylic acids is 3. The van der Waals surface area contributed by atoms with Crippen LogP contribution in [-0.2, 0) is 11.3 Å². The van der Waals surface area contributed by atoms with E-state index >= 15 is 0 Å². The molecule has 2 heterocycles. The van der Waals surface area contributed by atoms with Gasteiger partial charge in [-0.3, -0.25) is 9.36 Å². The van der Waals surface area contributed by atoms with Crippen molar-refractivity contribution in [3.63, 3.8) is 0 Å². The number of nitrogens with two attached hydrogens (primary N) is 2. The summed E-state index contributed by atoms with van der Waals surface area (Å²) in [6.45, 7) is -0.490. The van der Waals surface area contributed by atoms with Gasteiger partial charge in [0.15, 0.2) is 0 Å². The third-order valence-corrected chi connectivity index (χ3v) is 5.95. The Bertz CT molecular complexity index is 1280. The molecule has 1 saturated heterocycles. The summed E-state index contributed by atoms with van der Waals surface area (Å²) in [7, 11) is 0. The average Bonchev–Trinajstić information content (AvgIpc) is 3.32. The fourth-order valence-corrected chi connectivity index (χ4v) is 4.16. The molecule has 0 spiro atoms. The fraction of sp³-hybridized carbons (Fsp3) is 0.227. The van der Waals surface area contributed by atoms with Gasteiger partial charge in [-0.05, 0) is 12.1 Å². The van der Waals surface area contributed by atoms with Gasteiger partial charge in [0.1, 0.15) is 18.0 Å². The van der Waals surface area contributed by atoms with Crippen LogP contribution in [0.3, 0.4) is 0 Å². The quantitative estimate of drug-likeness (QED) is 0.447. The minimum Gasteiger partial charge on any atom is -0.351 e. The van der Waals surface area contributed by atoms with E-state index in [2.05, 4.69) is 10.6 Å². The highest BCUT2D eigenvalue weighted by molar-refractivity contribution is 6.30. The summed E-state index contributed by atoms with van der Waals surface area (Å²) in [5.74, 6) is -1.54. The number of urea groups is 1. The lowest BCUT2D eigenvalue weighted by molar-refractivity contribution is -0.126. The number of benzene rings is 2. The third-order valence-electron chi connectivity index (χ3n) is 5.66. The van der Waals surface area contributed by atoms with Gasteiger partial charge in [0.05, 0.1) is 22.3 Å². The van der Waals surface area contributed by atoms with E-state index in [1.54, 1.807) is 24.3 Å². The number of anilines is 1. The van der Waals surface area contributed by atoms with Gasteiger partial charge in [0, 0.05) is 30.2 Å². The van der Waals surface area contributed by atoms with Gasteiger partial charge in [-0.25, -0.2) is 18.4 Å². The molecule has 1 aliphatic heterocycles. The second-order valence-corrected chi connectivity index (χ2v) is 8.24. The maximum atomic E-state index is 14.8. The highest BCUT2D eigenvalue weighted by Gasteiger charge is 2.47. The monoisotopic (exact) mass is 490 g/mol. The smallest absolute Gasteiger partial charge is 0.323 e. The van der Waals surface area contributed by atoms with E-state index in [1.165, 1.54) is 24.4 Å². The molecule has 34 heavy (non-hydrogen) atoms. The van der Waals surface area contributed by atoms with Crippen molar-refractivity contribution >= 4 is 46.2 Å². The number of alkyl halides is 1. The molecule has 3 aromatic rings. The van der Waals surface area contributed by atoms with Crippen LogP contribution < -0.4 is 22.1 Å². The number of rotatable bonds is 4. The summed E-state index contributed by atoms with van der Waals surface area (Å²) < 4.78 is 30.1. The van der Waals surface area contributed by atoms with Gasteiger partial charge in [0.2, 0.25) is 5.91 Å². The topological polar surface area (TPSA) is 135 Å². The molecule has 0 bridgehead atoms. The van der Waals surface area contributed by atoms with Crippen molar-refractivity contribution in [2.45, 2.75) is 24.8 Å². The minimum absolute atomic E-state index is 0.105. The number of halogens is 3. The first-order chi connectivity index (χ1) is 16.2. The predicted octanol–water partition coefficient (Wildman–Crippen LogP) is 2.56. The van der Waals surface area contributed by atoms with Crippen LogP contribution in [0.15, 0.2) is 48.7 Å². The van der Waals surface area contributed by atoms with E-state index in [4.69, 9.17) is 23.1 Å². The molecule has 4 amide bonds. The van der Waals surface area contributed by atoms with Crippen molar-refractivity contribution in [2.24, 2.45) is 11.5 Å². The molecule has 6 N–H and O–H groups in total. The lowest BCUT2D eigenvalue weighted by Gasteiger charge is -2.24. The lowest BCUT2D eigenvalue weighted by atomic mass is 10.1. The molecule has 4 rings (SSSR count). The Labute approximate surface area is 197 Å². The molecule has 0 saturated carbocycles. The molecular weight excluding hydrogens is 470 g/mol. The van der Waals surface area contributed by atoms with Crippen molar-refractivity contribution in [1.29, 1.82) is 0 Å². The number of para-hydroxylation sites is 1. The van der Waals surface area contributed by atoms with Crippen molar-refractivity contribution < 1.29 is 23.2 Å². The summed E-state index contributed by atoms with van der Waals surface area (Å²) >= 11 is 5.75. The summed E-state index contributed by atoms with van der Waals surface area (Å²) in [6, 6.07) is 6.82. The Morgan fingerprint density at radius 1 is 1.15 bits per heavy atom. The molecule has 0 radical (unpaired) electrons. The van der Waals surface area contributed by atoms with Gasteiger partial charge < -0.3 is 27.0 Å². The predicted molar refractivity (Wildman–Crippen MR) is 123 cm³/mol. The van der Waals surface area contributed by atoms with E-state index < -0.39 is 42.0 Å². The van der Waals surface area contributed by atoms with E-state index in [0.717, 1.165) is 9.47 Å². The van der Waals surface area contributed by atoms with Crippen molar-refractivity contribution in [2.75, 3.05) is 11.9 Å². The molecular formula is C22H21ClF2N6O3. The first-order valence-corrected chi connectivity index (χ1v) is 10.6. The second kappa shape index (κ2) is 9.27. The van der Waals surface area contributed by atoms with Crippen LogP contribution in [0.5, 0.6) is 0 Å². The molecule has 0 aliphatic carbocycles. The summed E-state index contributed by atoms with van der Waals surface area (Å²) in [4.78, 5) is 38.5. The number of hydrogen-bond acceptors (Lipinski definition) is 4. The highest BCUT2D eigenvalue weighted by atomic mass is 35.5. The summed E-state index contributed by atoms with van der Waals surface area (Å²) in [5.41, 5.74) is 12.0. The van der Waals surface area contributed by atoms with Crippen LogP contribution in [0, 0.1) is 5.82 Å². The molecule has 1 fully saturated rings. The second-order valence-electron chi connectivity index (χ2n) is 7.83. The Hall–Kier alpha value is -3.70. The fourth-order valence-electron chi connectivity index (χ4n) is 3.96. The van der Waals surface area contributed by atoms with E-state index in [-0.39, 0.29) is 29.4 Å². The zero-order chi connectivity index (χ0) is 24.6. The van der Waals surface area contributed by atoms with Crippen LogP contribution in [0.25, 0.3) is 10.9 Å². The van der Waals surface area contributed by atoms with E-state index in [9.17, 15) is 23.2 Å². The van der Waals surface area contributed by atoms with Gasteiger partial charge in [-0.2, -0.15) is 0 Å². The van der Waals surface area contributed by atoms with E-state index in [0.29, 0.717) is 10.9 Å². The molecule has 2 aromatic carbocycles. The Kier molecular flexibility index (Phi) is 6.40. The van der Waals surface area contributed by atoms with Crippen LogP contribution in [0.1, 0.15) is 5.56 Å². The first kappa shape index (κ1) is 23.5. The molecule has 1 aromatic heterocycles. The van der Waals surface area contributed by atoms with Crippen LogP contribution in [0.4, 0.5) is 24.1 Å². The van der Waals surface area contributed by atoms with Gasteiger partial charge in [-0.15, -0.1) is 0 Å². The number of hydrogen-bond donors (Lipinski definition) is 4. The number of amides is 4. The number of likely N-dealkylation sites (tertiary alicyclic amines) is 1. The Balaban J connectivity index is 1.54.